The molecular formula is C8H18OS. The van der Waals surface area contributed by atoms with Gasteiger partial charge in [-0.15, -0.1) is 11.8 Å². The molecule has 0 spiro atoms. The molecule has 2 heteroatoms. The summed E-state index contributed by atoms with van der Waals surface area (Å²) in [5, 5.41) is 0. The lowest BCUT2D eigenvalue weighted by Crippen LogP contribution is -1.89. The van der Waals surface area contributed by atoms with E-state index in [2.05, 4.69) is 6.92 Å². The summed E-state index contributed by atoms with van der Waals surface area (Å²) < 4.78 is 5.18. The molecule has 0 saturated heterocycles. The minimum atomic E-state index is 0.848. The molecule has 0 aromatic rings. The largest absolute Gasteiger partial charge is 0.371 e. The second kappa shape index (κ2) is 9.31. The maximum atomic E-state index is 5.18. The SMILES string of the molecule is CCCCCSCOCC. The Morgan fingerprint density at radius 3 is 2.60 bits per heavy atom. The third-order valence-electron chi connectivity index (χ3n) is 1.26. The van der Waals surface area contributed by atoms with Crippen LogP contribution in [-0.2, 0) is 4.74 Å². The molecule has 0 aromatic heterocycles. The maximum absolute atomic E-state index is 5.18. The Kier molecular flexibility index (Phi) is 9.60. The fourth-order valence-corrected chi connectivity index (χ4v) is 1.47. The quantitative estimate of drug-likeness (QED) is 0.420. The first kappa shape index (κ1) is 10.3. The second-order valence-electron chi connectivity index (χ2n) is 2.23. The standard InChI is InChI=1S/C8H18OS/c1-3-5-6-7-10-8-9-4-2/h3-8H2,1-2H3. The topological polar surface area (TPSA) is 9.23 Å². The van der Waals surface area contributed by atoms with E-state index in [4.69, 9.17) is 4.74 Å². The van der Waals surface area contributed by atoms with E-state index < -0.39 is 0 Å². The summed E-state index contributed by atoms with van der Waals surface area (Å²) in [6.45, 7) is 5.11. The van der Waals surface area contributed by atoms with Crippen LogP contribution in [0.1, 0.15) is 33.1 Å². The highest BCUT2D eigenvalue weighted by atomic mass is 32.2. The summed E-state index contributed by atoms with van der Waals surface area (Å²) in [6, 6.07) is 0. The normalized spacial score (nSPS) is 10.2. The van der Waals surface area contributed by atoms with Crippen LogP contribution in [0, 0.1) is 0 Å². The molecule has 1 nitrogen and oxygen atoms in total. The number of ether oxygens (including phenoxy) is 1. The molecule has 0 saturated carbocycles. The first-order valence-electron chi connectivity index (χ1n) is 4.07. The van der Waals surface area contributed by atoms with E-state index in [-0.39, 0.29) is 0 Å². The van der Waals surface area contributed by atoms with Crippen molar-refractivity contribution >= 4 is 11.8 Å². The Morgan fingerprint density at radius 1 is 1.20 bits per heavy atom. The molecule has 0 aliphatic rings. The van der Waals surface area contributed by atoms with E-state index in [0.29, 0.717) is 0 Å². The summed E-state index contributed by atoms with van der Waals surface area (Å²) in [4.78, 5) is 0. The minimum Gasteiger partial charge on any atom is -0.371 e. The predicted molar refractivity (Wildman–Crippen MR) is 48.5 cm³/mol. The van der Waals surface area contributed by atoms with Gasteiger partial charge in [0, 0.05) is 6.61 Å². The Hall–Kier alpha value is 0.310. The lowest BCUT2D eigenvalue weighted by molar-refractivity contribution is 0.199. The van der Waals surface area contributed by atoms with Crippen molar-refractivity contribution in [2.75, 3.05) is 18.3 Å². The van der Waals surface area contributed by atoms with Crippen LogP contribution in [0.15, 0.2) is 0 Å². The average Bonchev–Trinajstić information content (AvgIpc) is 1.97. The first-order valence-corrected chi connectivity index (χ1v) is 5.22. The number of hydrogen-bond acceptors (Lipinski definition) is 2. The van der Waals surface area contributed by atoms with Crippen molar-refractivity contribution in [3.05, 3.63) is 0 Å². The first-order chi connectivity index (χ1) is 4.91. The van der Waals surface area contributed by atoms with Crippen molar-refractivity contribution in [1.29, 1.82) is 0 Å². The van der Waals surface area contributed by atoms with Crippen LogP contribution in [0.5, 0.6) is 0 Å². The molecule has 0 fully saturated rings. The van der Waals surface area contributed by atoms with Crippen molar-refractivity contribution < 1.29 is 4.74 Å². The van der Waals surface area contributed by atoms with Crippen LogP contribution in [0.2, 0.25) is 0 Å². The van der Waals surface area contributed by atoms with E-state index in [0.717, 1.165) is 12.5 Å². The average molecular weight is 162 g/mol. The monoisotopic (exact) mass is 162 g/mol. The lowest BCUT2D eigenvalue weighted by Gasteiger charge is -1.99. The van der Waals surface area contributed by atoms with Crippen LogP contribution in [0.4, 0.5) is 0 Å². The van der Waals surface area contributed by atoms with Crippen molar-refractivity contribution in [3.63, 3.8) is 0 Å². The summed E-state index contributed by atoms with van der Waals surface area (Å²) >= 11 is 1.90. The van der Waals surface area contributed by atoms with Crippen molar-refractivity contribution in [2.24, 2.45) is 0 Å². The van der Waals surface area contributed by atoms with Crippen LogP contribution < -0.4 is 0 Å². The molecule has 0 atom stereocenters. The maximum Gasteiger partial charge on any atom is 0.0920 e. The van der Waals surface area contributed by atoms with Crippen molar-refractivity contribution in [3.8, 4) is 0 Å². The van der Waals surface area contributed by atoms with Crippen LogP contribution in [0.3, 0.4) is 0 Å². The van der Waals surface area contributed by atoms with Crippen LogP contribution in [0.25, 0.3) is 0 Å². The summed E-state index contributed by atoms with van der Waals surface area (Å²) in [5.41, 5.74) is 0. The zero-order valence-electron chi connectivity index (χ0n) is 7.06. The zero-order valence-corrected chi connectivity index (χ0v) is 7.88. The number of thioether (sulfide) groups is 1. The summed E-state index contributed by atoms with van der Waals surface area (Å²) in [5.74, 6) is 2.13. The molecule has 0 heterocycles. The third kappa shape index (κ3) is 8.31. The zero-order chi connectivity index (χ0) is 7.66. The Labute approximate surface area is 68.5 Å². The molecule has 0 N–H and O–H groups in total. The van der Waals surface area contributed by atoms with Crippen molar-refractivity contribution in [1.82, 2.24) is 0 Å². The van der Waals surface area contributed by atoms with Crippen molar-refractivity contribution in [2.45, 2.75) is 33.1 Å². The van der Waals surface area contributed by atoms with Gasteiger partial charge in [0.2, 0.25) is 0 Å². The van der Waals surface area contributed by atoms with E-state index in [1.165, 1.54) is 25.0 Å². The third-order valence-corrected chi connectivity index (χ3v) is 2.17. The van der Waals surface area contributed by atoms with Gasteiger partial charge in [0.05, 0.1) is 5.94 Å². The fourth-order valence-electron chi connectivity index (χ4n) is 0.655. The molecule has 0 rings (SSSR count). The Morgan fingerprint density at radius 2 is 2.00 bits per heavy atom. The van der Waals surface area contributed by atoms with Crippen LogP contribution in [-0.4, -0.2) is 18.3 Å². The van der Waals surface area contributed by atoms with E-state index in [1.807, 2.05) is 18.7 Å². The molecule has 0 aliphatic carbocycles. The van der Waals surface area contributed by atoms with Gasteiger partial charge in [0.25, 0.3) is 0 Å². The van der Waals surface area contributed by atoms with Gasteiger partial charge in [-0.25, -0.2) is 0 Å². The minimum absolute atomic E-state index is 0.848. The van der Waals surface area contributed by atoms with E-state index in [9.17, 15) is 0 Å². The molecule has 0 aliphatic heterocycles. The highest BCUT2D eigenvalue weighted by molar-refractivity contribution is 7.99. The molecule has 10 heavy (non-hydrogen) atoms. The number of rotatable bonds is 7. The van der Waals surface area contributed by atoms with Gasteiger partial charge in [-0.3, -0.25) is 0 Å². The molecular weight excluding hydrogens is 144 g/mol. The summed E-state index contributed by atoms with van der Waals surface area (Å²) in [7, 11) is 0. The molecule has 62 valence electrons. The predicted octanol–water partition coefficient (Wildman–Crippen LogP) is 2.90. The lowest BCUT2D eigenvalue weighted by atomic mass is 10.3. The van der Waals surface area contributed by atoms with Gasteiger partial charge in [0.1, 0.15) is 0 Å². The Bertz CT molecular complexity index is 49.2. The van der Waals surface area contributed by atoms with Crippen LogP contribution >= 0.6 is 11.8 Å². The molecule has 0 unspecified atom stereocenters. The van der Waals surface area contributed by atoms with E-state index in [1.54, 1.807) is 0 Å². The summed E-state index contributed by atoms with van der Waals surface area (Å²) in [6.07, 6.45) is 4.02. The van der Waals surface area contributed by atoms with Gasteiger partial charge >= 0.3 is 0 Å². The number of hydrogen-bond donors (Lipinski definition) is 0. The molecule has 0 radical (unpaired) electrons. The number of unbranched alkanes of at least 4 members (excludes halogenated alkanes) is 2. The Balaban J connectivity index is 2.65. The van der Waals surface area contributed by atoms with Gasteiger partial charge < -0.3 is 4.74 Å². The fraction of sp³-hybridized carbons (Fsp3) is 1.00. The second-order valence-corrected chi connectivity index (χ2v) is 3.28. The highest BCUT2D eigenvalue weighted by Gasteiger charge is 1.87. The molecule has 0 amide bonds. The van der Waals surface area contributed by atoms with E-state index >= 15 is 0 Å². The molecule has 0 bridgehead atoms. The van der Waals surface area contributed by atoms with Gasteiger partial charge in [-0.05, 0) is 19.1 Å². The smallest absolute Gasteiger partial charge is 0.0920 e. The molecule has 0 aromatic carbocycles. The van der Waals surface area contributed by atoms with Gasteiger partial charge in [-0.1, -0.05) is 19.8 Å². The highest BCUT2D eigenvalue weighted by Crippen LogP contribution is 2.05. The van der Waals surface area contributed by atoms with Gasteiger partial charge in [0.15, 0.2) is 0 Å². The van der Waals surface area contributed by atoms with Gasteiger partial charge in [-0.2, -0.15) is 0 Å².